The van der Waals surface area contributed by atoms with E-state index in [1.54, 1.807) is 37.4 Å². The Morgan fingerprint density at radius 3 is 2.43 bits per heavy atom. The van der Waals surface area contributed by atoms with Crippen molar-refractivity contribution in [1.29, 1.82) is 0 Å². The maximum Gasteiger partial charge on any atom is 0.256 e. The number of sulfone groups is 1. The summed E-state index contributed by atoms with van der Waals surface area (Å²) >= 11 is 4.75. The summed E-state index contributed by atoms with van der Waals surface area (Å²) in [6.07, 6.45) is 1.71. The molecule has 1 amide bonds. The van der Waals surface area contributed by atoms with Gasteiger partial charge in [-0.1, -0.05) is 30.8 Å². The predicted octanol–water partition coefficient (Wildman–Crippen LogP) is 5.04. The summed E-state index contributed by atoms with van der Waals surface area (Å²) < 4.78 is 24.7. The minimum absolute atomic E-state index is 0.0351. The molecular weight excluding hydrogens is 460 g/mol. The Hall–Kier alpha value is -2.16. The average Bonchev–Trinajstić information content (AvgIpc) is 2.70. The van der Waals surface area contributed by atoms with E-state index in [0.717, 1.165) is 14.4 Å². The largest absolute Gasteiger partial charge is 0.322 e. The number of nitrogens with zero attached hydrogens (tertiary/aromatic N) is 1. The van der Waals surface area contributed by atoms with Crippen LogP contribution in [0.25, 0.3) is 0 Å². The Bertz CT molecular complexity index is 1080. The summed E-state index contributed by atoms with van der Waals surface area (Å²) in [4.78, 5) is 18.1. The van der Waals surface area contributed by atoms with Crippen molar-refractivity contribution >= 4 is 49.1 Å². The number of rotatable bonds is 6. The quantitative estimate of drug-likeness (QED) is 0.538. The minimum atomic E-state index is -3.27. The highest BCUT2D eigenvalue weighted by atomic mass is 79.9. The molecular formula is C20H17BrN2O3S2. The molecule has 0 aliphatic carbocycles. The smallest absolute Gasteiger partial charge is 0.256 e. The molecule has 5 nitrogen and oxygen atoms in total. The third-order valence-corrected chi connectivity index (χ3v) is 7.14. The van der Waals surface area contributed by atoms with Crippen molar-refractivity contribution in [2.45, 2.75) is 21.7 Å². The van der Waals surface area contributed by atoms with E-state index in [-0.39, 0.29) is 16.6 Å². The number of benzene rings is 2. The van der Waals surface area contributed by atoms with Crippen molar-refractivity contribution in [3.05, 3.63) is 76.9 Å². The van der Waals surface area contributed by atoms with Gasteiger partial charge in [0, 0.05) is 21.3 Å². The Kier molecular flexibility index (Phi) is 6.53. The molecule has 2 aromatic carbocycles. The highest BCUT2D eigenvalue weighted by molar-refractivity contribution is 9.10. The van der Waals surface area contributed by atoms with Gasteiger partial charge in [-0.15, -0.1) is 0 Å². The molecule has 1 N–H and O–H groups in total. The van der Waals surface area contributed by atoms with Crippen molar-refractivity contribution in [3.8, 4) is 0 Å². The molecule has 0 unspecified atom stereocenters. The molecule has 0 atom stereocenters. The lowest BCUT2D eigenvalue weighted by atomic mass is 10.2. The molecule has 0 saturated heterocycles. The van der Waals surface area contributed by atoms with E-state index in [1.165, 1.54) is 23.9 Å². The molecule has 0 saturated carbocycles. The molecule has 144 valence electrons. The standard InChI is InChI=1S/C20H17BrN2O3S2/c1-2-28(25,26)16-10-8-15(9-11-16)23-20(24)17-5-3-4-6-18(17)27-19-12-7-14(21)13-22-19/h3-13H,2H2,1H3,(H,23,24). The van der Waals surface area contributed by atoms with Gasteiger partial charge in [-0.25, -0.2) is 13.4 Å². The van der Waals surface area contributed by atoms with Crippen LogP contribution in [-0.4, -0.2) is 25.1 Å². The fraction of sp³-hybridized carbons (Fsp3) is 0.100. The third kappa shape index (κ3) is 5.01. The summed E-state index contributed by atoms with van der Waals surface area (Å²) in [6.45, 7) is 1.60. The Labute approximate surface area is 176 Å². The van der Waals surface area contributed by atoms with E-state index < -0.39 is 9.84 Å². The number of halogens is 1. The molecule has 0 aliphatic rings. The number of nitrogens with one attached hydrogen (secondary N) is 1. The van der Waals surface area contributed by atoms with Crippen LogP contribution in [0, 0.1) is 0 Å². The molecule has 0 radical (unpaired) electrons. The van der Waals surface area contributed by atoms with E-state index in [9.17, 15) is 13.2 Å². The summed E-state index contributed by atoms with van der Waals surface area (Å²) in [5, 5.41) is 3.59. The SMILES string of the molecule is CCS(=O)(=O)c1ccc(NC(=O)c2ccccc2Sc2ccc(Br)cn2)cc1. The maximum atomic E-state index is 12.7. The molecule has 3 rings (SSSR count). The molecule has 3 aromatic rings. The van der Waals surface area contributed by atoms with Crippen molar-refractivity contribution in [2.75, 3.05) is 11.1 Å². The van der Waals surface area contributed by atoms with Crippen LogP contribution in [0.5, 0.6) is 0 Å². The van der Waals surface area contributed by atoms with Crippen molar-refractivity contribution in [1.82, 2.24) is 4.98 Å². The highest BCUT2D eigenvalue weighted by Crippen LogP contribution is 2.30. The fourth-order valence-corrected chi connectivity index (χ4v) is 4.39. The van der Waals surface area contributed by atoms with Gasteiger partial charge in [-0.3, -0.25) is 4.79 Å². The number of aromatic nitrogens is 1. The molecule has 1 aromatic heterocycles. The Morgan fingerprint density at radius 2 is 1.79 bits per heavy atom. The van der Waals surface area contributed by atoms with Gasteiger partial charge in [0.15, 0.2) is 9.84 Å². The first-order valence-corrected chi connectivity index (χ1v) is 11.7. The van der Waals surface area contributed by atoms with Crippen LogP contribution in [0.2, 0.25) is 0 Å². The average molecular weight is 477 g/mol. The van der Waals surface area contributed by atoms with Gasteiger partial charge in [-0.2, -0.15) is 0 Å². The molecule has 28 heavy (non-hydrogen) atoms. The lowest BCUT2D eigenvalue weighted by Gasteiger charge is -2.10. The van der Waals surface area contributed by atoms with Crippen LogP contribution >= 0.6 is 27.7 Å². The number of anilines is 1. The van der Waals surface area contributed by atoms with E-state index in [2.05, 4.69) is 26.2 Å². The second-order valence-electron chi connectivity index (χ2n) is 5.79. The normalized spacial score (nSPS) is 11.2. The zero-order valence-corrected chi connectivity index (χ0v) is 18.1. The van der Waals surface area contributed by atoms with Gasteiger partial charge in [-0.05, 0) is 64.5 Å². The van der Waals surface area contributed by atoms with Crippen LogP contribution in [0.3, 0.4) is 0 Å². The zero-order valence-electron chi connectivity index (χ0n) is 14.9. The van der Waals surface area contributed by atoms with E-state index >= 15 is 0 Å². The summed E-state index contributed by atoms with van der Waals surface area (Å²) in [5.74, 6) is -0.237. The molecule has 8 heteroatoms. The van der Waals surface area contributed by atoms with E-state index in [4.69, 9.17) is 0 Å². The van der Waals surface area contributed by atoms with Crippen molar-refractivity contribution in [3.63, 3.8) is 0 Å². The lowest BCUT2D eigenvalue weighted by Crippen LogP contribution is -2.13. The topological polar surface area (TPSA) is 76.1 Å². The van der Waals surface area contributed by atoms with Gasteiger partial charge in [0.05, 0.1) is 16.2 Å². The maximum absolute atomic E-state index is 12.7. The van der Waals surface area contributed by atoms with Crippen molar-refractivity contribution in [2.24, 2.45) is 0 Å². The van der Waals surface area contributed by atoms with Crippen LogP contribution in [0.15, 0.2) is 86.2 Å². The van der Waals surface area contributed by atoms with Gasteiger partial charge < -0.3 is 5.32 Å². The number of hydrogen-bond donors (Lipinski definition) is 1. The zero-order chi connectivity index (χ0) is 20.1. The lowest BCUT2D eigenvalue weighted by molar-refractivity contribution is 0.102. The number of carbonyl (C=O) groups excluding carboxylic acids is 1. The van der Waals surface area contributed by atoms with Gasteiger partial charge >= 0.3 is 0 Å². The summed E-state index contributed by atoms with van der Waals surface area (Å²) in [5.41, 5.74) is 1.05. The monoisotopic (exact) mass is 476 g/mol. The predicted molar refractivity (Wildman–Crippen MR) is 115 cm³/mol. The molecule has 0 spiro atoms. The number of amides is 1. The van der Waals surface area contributed by atoms with E-state index in [0.29, 0.717) is 11.3 Å². The molecule has 0 bridgehead atoms. The van der Waals surface area contributed by atoms with Crippen molar-refractivity contribution < 1.29 is 13.2 Å². The first kappa shape index (κ1) is 20.6. The Morgan fingerprint density at radius 1 is 1.07 bits per heavy atom. The first-order valence-electron chi connectivity index (χ1n) is 8.41. The molecule has 0 fully saturated rings. The third-order valence-electron chi connectivity index (χ3n) is 3.90. The summed E-state index contributed by atoms with van der Waals surface area (Å²) in [7, 11) is -3.27. The number of hydrogen-bond acceptors (Lipinski definition) is 5. The van der Waals surface area contributed by atoms with Crippen LogP contribution < -0.4 is 5.32 Å². The van der Waals surface area contributed by atoms with Gasteiger partial charge in [0.2, 0.25) is 0 Å². The molecule has 0 aliphatic heterocycles. The van der Waals surface area contributed by atoms with Gasteiger partial charge in [0.25, 0.3) is 5.91 Å². The number of carbonyl (C=O) groups is 1. The molecule has 1 heterocycles. The first-order chi connectivity index (χ1) is 13.4. The Balaban J connectivity index is 1.79. The van der Waals surface area contributed by atoms with Crippen LogP contribution in [-0.2, 0) is 9.84 Å². The fourth-order valence-electron chi connectivity index (χ4n) is 2.39. The minimum Gasteiger partial charge on any atom is -0.322 e. The number of pyridine rings is 1. The second kappa shape index (κ2) is 8.89. The van der Waals surface area contributed by atoms with Crippen LogP contribution in [0.1, 0.15) is 17.3 Å². The second-order valence-corrected chi connectivity index (χ2v) is 10.1. The highest BCUT2D eigenvalue weighted by Gasteiger charge is 2.14. The van der Waals surface area contributed by atoms with E-state index in [1.807, 2.05) is 24.3 Å². The summed E-state index contributed by atoms with van der Waals surface area (Å²) in [6, 6.07) is 17.2. The van der Waals surface area contributed by atoms with Gasteiger partial charge in [0.1, 0.15) is 5.03 Å². The van der Waals surface area contributed by atoms with Crippen LogP contribution in [0.4, 0.5) is 5.69 Å².